The summed E-state index contributed by atoms with van der Waals surface area (Å²) < 4.78 is 40.0. The Labute approximate surface area is 153 Å². The summed E-state index contributed by atoms with van der Waals surface area (Å²) in [6, 6.07) is 12.8. The first-order valence-electron chi connectivity index (χ1n) is 8.68. The van der Waals surface area contributed by atoms with Crippen molar-refractivity contribution in [2.24, 2.45) is 5.92 Å². The Morgan fingerprint density at radius 1 is 1.12 bits per heavy atom. The average molecular weight is 375 g/mol. The molecule has 2 aromatic carbocycles. The second-order valence-corrected chi connectivity index (χ2v) is 8.78. The molecule has 4 nitrogen and oxygen atoms in total. The van der Waals surface area contributed by atoms with Gasteiger partial charge in [-0.15, -0.1) is 0 Å². The summed E-state index contributed by atoms with van der Waals surface area (Å²) in [6.45, 7) is 2.57. The first-order valence-corrected chi connectivity index (χ1v) is 10.3. The van der Waals surface area contributed by atoms with E-state index in [0.717, 1.165) is 11.1 Å². The molecule has 0 aromatic heterocycles. The van der Waals surface area contributed by atoms with Crippen molar-refractivity contribution in [1.82, 2.24) is 4.31 Å². The minimum Gasteiger partial charge on any atom is -0.294 e. The van der Waals surface area contributed by atoms with E-state index < -0.39 is 15.8 Å². The van der Waals surface area contributed by atoms with Gasteiger partial charge in [0.25, 0.3) is 0 Å². The van der Waals surface area contributed by atoms with Crippen LogP contribution in [0.4, 0.5) is 4.39 Å². The number of hydrogen-bond donors (Lipinski definition) is 0. The van der Waals surface area contributed by atoms with Crippen LogP contribution in [0.2, 0.25) is 0 Å². The first-order chi connectivity index (χ1) is 12.3. The van der Waals surface area contributed by atoms with Crippen LogP contribution in [-0.4, -0.2) is 31.6 Å². The Bertz CT molecular complexity index is 876. The van der Waals surface area contributed by atoms with Crippen molar-refractivity contribution in [1.29, 1.82) is 0 Å². The summed E-state index contributed by atoms with van der Waals surface area (Å²) in [5.74, 6) is -0.972. The average Bonchev–Trinajstić information content (AvgIpc) is 2.64. The van der Waals surface area contributed by atoms with Crippen molar-refractivity contribution in [3.8, 4) is 0 Å². The number of sulfonamides is 1. The smallest absolute Gasteiger partial charge is 0.218 e. The van der Waals surface area contributed by atoms with Crippen molar-refractivity contribution in [2.45, 2.75) is 25.5 Å². The highest BCUT2D eigenvalue weighted by molar-refractivity contribution is 7.88. The molecule has 0 aliphatic carbocycles. The molecule has 26 heavy (non-hydrogen) atoms. The fraction of sp³-hybridized carbons (Fsp3) is 0.350. The van der Waals surface area contributed by atoms with Crippen LogP contribution >= 0.6 is 0 Å². The lowest BCUT2D eigenvalue weighted by atomic mass is 9.91. The van der Waals surface area contributed by atoms with Gasteiger partial charge >= 0.3 is 0 Å². The van der Waals surface area contributed by atoms with Gasteiger partial charge in [-0.25, -0.2) is 17.1 Å². The molecule has 1 heterocycles. The number of piperidine rings is 1. The SMILES string of the molecule is Cc1ccc(CS(=O)(=O)N2CCCC(C(=O)c3ccc(F)cc3)C2)cc1. The van der Waals surface area contributed by atoms with Crippen LogP contribution in [0.1, 0.15) is 34.3 Å². The molecule has 1 aliphatic heterocycles. The predicted molar refractivity (Wildman–Crippen MR) is 98.8 cm³/mol. The molecule has 3 rings (SSSR count). The van der Waals surface area contributed by atoms with E-state index in [1.165, 1.54) is 28.6 Å². The van der Waals surface area contributed by atoms with Crippen LogP contribution < -0.4 is 0 Å². The fourth-order valence-corrected chi connectivity index (χ4v) is 4.86. The molecule has 1 saturated heterocycles. The maximum absolute atomic E-state index is 13.0. The van der Waals surface area contributed by atoms with E-state index in [4.69, 9.17) is 0 Å². The zero-order valence-electron chi connectivity index (χ0n) is 14.7. The highest BCUT2D eigenvalue weighted by atomic mass is 32.2. The lowest BCUT2D eigenvalue weighted by Gasteiger charge is -2.31. The van der Waals surface area contributed by atoms with Gasteiger partial charge in [0, 0.05) is 24.6 Å². The van der Waals surface area contributed by atoms with E-state index in [9.17, 15) is 17.6 Å². The molecule has 0 spiro atoms. The standard InChI is InChI=1S/C20H22FNO3S/c1-15-4-6-16(7-5-15)14-26(24,25)22-12-2-3-18(13-22)20(23)17-8-10-19(21)11-9-17/h4-11,18H,2-3,12-14H2,1H3. The number of nitrogens with zero attached hydrogens (tertiary/aromatic N) is 1. The van der Waals surface area contributed by atoms with Gasteiger partial charge in [-0.2, -0.15) is 0 Å². The number of aryl methyl sites for hydroxylation is 1. The predicted octanol–water partition coefficient (Wildman–Crippen LogP) is 3.56. The topological polar surface area (TPSA) is 54.5 Å². The van der Waals surface area contributed by atoms with Crippen LogP contribution in [-0.2, 0) is 15.8 Å². The normalized spacial score (nSPS) is 18.6. The highest BCUT2D eigenvalue weighted by Gasteiger charge is 2.32. The maximum atomic E-state index is 13.0. The second-order valence-electron chi connectivity index (χ2n) is 6.81. The zero-order valence-corrected chi connectivity index (χ0v) is 15.5. The van der Waals surface area contributed by atoms with Gasteiger partial charge < -0.3 is 0 Å². The number of ketones is 1. The maximum Gasteiger partial charge on any atom is 0.218 e. The van der Waals surface area contributed by atoms with Crippen LogP contribution in [0, 0.1) is 18.7 Å². The number of carbonyl (C=O) groups is 1. The van der Waals surface area contributed by atoms with Crippen molar-refractivity contribution in [3.63, 3.8) is 0 Å². The quantitative estimate of drug-likeness (QED) is 0.751. The summed E-state index contributed by atoms with van der Waals surface area (Å²) in [5.41, 5.74) is 2.24. The van der Waals surface area contributed by atoms with Gasteiger partial charge in [-0.3, -0.25) is 4.79 Å². The summed E-state index contributed by atoms with van der Waals surface area (Å²) in [5, 5.41) is 0. The van der Waals surface area contributed by atoms with Gasteiger partial charge in [0.1, 0.15) is 5.82 Å². The molecule has 1 unspecified atom stereocenters. The largest absolute Gasteiger partial charge is 0.294 e. The first kappa shape index (κ1) is 18.7. The summed E-state index contributed by atoms with van der Waals surface area (Å²) in [6.07, 6.45) is 1.29. The van der Waals surface area contributed by atoms with Crippen molar-refractivity contribution in [2.75, 3.05) is 13.1 Å². The number of benzene rings is 2. The van der Waals surface area contributed by atoms with E-state index in [2.05, 4.69) is 0 Å². The molecule has 0 N–H and O–H groups in total. The highest BCUT2D eigenvalue weighted by Crippen LogP contribution is 2.24. The van der Waals surface area contributed by atoms with Crippen LogP contribution in [0.15, 0.2) is 48.5 Å². The molecular formula is C20H22FNO3S. The van der Waals surface area contributed by atoms with Crippen LogP contribution in [0.3, 0.4) is 0 Å². The molecule has 138 valence electrons. The van der Waals surface area contributed by atoms with Gasteiger partial charge in [0.05, 0.1) is 5.75 Å². The van der Waals surface area contributed by atoms with Crippen molar-refractivity contribution in [3.05, 3.63) is 71.0 Å². The third-order valence-electron chi connectivity index (χ3n) is 4.75. The Morgan fingerprint density at radius 3 is 2.42 bits per heavy atom. The lowest BCUT2D eigenvalue weighted by Crippen LogP contribution is -2.42. The van der Waals surface area contributed by atoms with E-state index in [1.807, 2.05) is 31.2 Å². The molecule has 0 amide bonds. The minimum atomic E-state index is -3.48. The van der Waals surface area contributed by atoms with Crippen molar-refractivity contribution >= 4 is 15.8 Å². The minimum absolute atomic E-state index is 0.0647. The molecule has 0 radical (unpaired) electrons. The number of rotatable bonds is 5. The number of Topliss-reactive ketones (excluding diaryl/α,β-unsaturated/α-hetero) is 1. The molecule has 6 heteroatoms. The monoisotopic (exact) mass is 375 g/mol. The summed E-state index contributed by atoms with van der Waals surface area (Å²) in [7, 11) is -3.48. The van der Waals surface area contributed by atoms with Crippen LogP contribution in [0.25, 0.3) is 0 Å². The van der Waals surface area contributed by atoms with E-state index >= 15 is 0 Å². The number of carbonyl (C=O) groups excluding carboxylic acids is 1. The Morgan fingerprint density at radius 2 is 1.77 bits per heavy atom. The van der Waals surface area contributed by atoms with Gasteiger partial charge in [-0.1, -0.05) is 29.8 Å². The van der Waals surface area contributed by atoms with Crippen LogP contribution in [0.5, 0.6) is 0 Å². The van der Waals surface area contributed by atoms with E-state index in [0.29, 0.717) is 24.9 Å². The molecule has 1 atom stereocenters. The van der Waals surface area contributed by atoms with E-state index in [1.54, 1.807) is 0 Å². The fourth-order valence-electron chi connectivity index (χ4n) is 3.25. The molecule has 1 aliphatic rings. The number of hydrogen-bond acceptors (Lipinski definition) is 3. The summed E-state index contributed by atoms with van der Waals surface area (Å²) >= 11 is 0. The third-order valence-corrected chi connectivity index (χ3v) is 6.56. The second kappa shape index (κ2) is 7.68. The zero-order chi connectivity index (χ0) is 18.7. The van der Waals surface area contributed by atoms with Gasteiger partial charge in [0.2, 0.25) is 10.0 Å². The van der Waals surface area contributed by atoms with Gasteiger partial charge in [-0.05, 0) is 49.6 Å². The Balaban J connectivity index is 1.71. The van der Waals surface area contributed by atoms with Gasteiger partial charge in [0.15, 0.2) is 5.78 Å². The summed E-state index contributed by atoms with van der Waals surface area (Å²) in [4.78, 5) is 12.6. The Hall–Kier alpha value is -2.05. The lowest BCUT2D eigenvalue weighted by molar-refractivity contribution is 0.0872. The number of halogens is 1. The Kier molecular flexibility index (Phi) is 5.53. The third kappa shape index (κ3) is 4.37. The molecule has 0 saturated carbocycles. The molecule has 2 aromatic rings. The molecular weight excluding hydrogens is 353 g/mol. The van der Waals surface area contributed by atoms with Crippen molar-refractivity contribution < 1.29 is 17.6 Å². The molecule has 1 fully saturated rings. The van der Waals surface area contributed by atoms with E-state index in [-0.39, 0.29) is 24.0 Å². The molecule has 0 bridgehead atoms.